The maximum absolute atomic E-state index is 10.2. The van der Waals surface area contributed by atoms with E-state index in [1.165, 1.54) is 6.42 Å². The van der Waals surface area contributed by atoms with Crippen molar-refractivity contribution in [3.63, 3.8) is 0 Å². The van der Waals surface area contributed by atoms with Crippen LogP contribution >= 0.6 is 0 Å². The second kappa shape index (κ2) is 12.0. The molecule has 0 atom stereocenters. The quantitative estimate of drug-likeness (QED) is 0.443. The zero-order valence-corrected chi connectivity index (χ0v) is 10.3. The minimum Gasteiger partial charge on any atom is -0.481 e. The maximum atomic E-state index is 10.2. The molecule has 0 aromatic heterocycles. The SMILES string of the molecule is CCC/C=C/C=C/CCCCCCC(=O)O. The molecule has 0 fully saturated rings. The lowest BCUT2D eigenvalue weighted by Crippen LogP contribution is -1.93. The van der Waals surface area contributed by atoms with Crippen molar-refractivity contribution < 1.29 is 9.90 Å². The van der Waals surface area contributed by atoms with Crippen LogP contribution in [0.5, 0.6) is 0 Å². The molecule has 2 nitrogen and oxygen atoms in total. The molecule has 0 aromatic carbocycles. The van der Waals surface area contributed by atoms with Crippen molar-refractivity contribution in [2.24, 2.45) is 0 Å². The van der Waals surface area contributed by atoms with Crippen molar-refractivity contribution in [3.05, 3.63) is 24.3 Å². The molecule has 0 aliphatic heterocycles. The highest BCUT2D eigenvalue weighted by atomic mass is 16.4. The van der Waals surface area contributed by atoms with Crippen molar-refractivity contribution >= 4 is 5.97 Å². The standard InChI is InChI=1S/C14H24O2/c1-2-3-4-5-6-7-8-9-10-11-12-13-14(15)16/h4-7H,2-3,8-13H2,1H3,(H,15,16)/b5-4+,7-6+. The van der Waals surface area contributed by atoms with Gasteiger partial charge in [0.25, 0.3) is 0 Å². The molecule has 0 heterocycles. The van der Waals surface area contributed by atoms with Gasteiger partial charge in [-0.3, -0.25) is 4.79 Å². The first kappa shape index (κ1) is 14.9. The summed E-state index contributed by atoms with van der Waals surface area (Å²) in [5.41, 5.74) is 0. The summed E-state index contributed by atoms with van der Waals surface area (Å²) in [6.07, 6.45) is 16.5. The van der Waals surface area contributed by atoms with Crippen molar-refractivity contribution in [1.82, 2.24) is 0 Å². The smallest absolute Gasteiger partial charge is 0.303 e. The lowest BCUT2D eigenvalue weighted by atomic mass is 10.1. The van der Waals surface area contributed by atoms with E-state index in [0.29, 0.717) is 6.42 Å². The van der Waals surface area contributed by atoms with Gasteiger partial charge in [-0.25, -0.2) is 0 Å². The maximum Gasteiger partial charge on any atom is 0.303 e. The summed E-state index contributed by atoms with van der Waals surface area (Å²) in [6.45, 7) is 2.17. The van der Waals surface area contributed by atoms with Crippen LogP contribution in [-0.4, -0.2) is 11.1 Å². The monoisotopic (exact) mass is 224 g/mol. The van der Waals surface area contributed by atoms with Gasteiger partial charge >= 0.3 is 5.97 Å². The predicted octanol–water partition coefficient (Wildman–Crippen LogP) is 4.32. The summed E-state index contributed by atoms with van der Waals surface area (Å²) in [6, 6.07) is 0. The van der Waals surface area contributed by atoms with E-state index >= 15 is 0 Å². The lowest BCUT2D eigenvalue weighted by molar-refractivity contribution is -0.137. The molecule has 16 heavy (non-hydrogen) atoms. The number of rotatable bonds is 10. The topological polar surface area (TPSA) is 37.3 Å². The molecule has 0 aliphatic rings. The predicted molar refractivity (Wildman–Crippen MR) is 68.5 cm³/mol. The van der Waals surface area contributed by atoms with E-state index in [2.05, 4.69) is 31.2 Å². The molecule has 0 spiro atoms. The second-order valence-corrected chi connectivity index (χ2v) is 3.99. The van der Waals surface area contributed by atoms with Gasteiger partial charge in [-0.15, -0.1) is 0 Å². The van der Waals surface area contributed by atoms with Crippen molar-refractivity contribution in [3.8, 4) is 0 Å². The average Bonchev–Trinajstić information content (AvgIpc) is 2.25. The highest BCUT2D eigenvalue weighted by molar-refractivity contribution is 5.66. The molecular weight excluding hydrogens is 200 g/mol. The first-order chi connectivity index (χ1) is 7.77. The van der Waals surface area contributed by atoms with E-state index in [-0.39, 0.29) is 0 Å². The fourth-order valence-electron chi connectivity index (χ4n) is 1.41. The Morgan fingerprint density at radius 3 is 2.25 bits per heavy atom. The first-order valence-electron chi connectivity index (χ1n) is 6.30. The molecule has 0 aliphatic carbocycles. The van der Waals surface area contributed by atoms with E-state index in [4.69, 9.17) is 5.11 Å². The van der Waals surface area contributed by atoms with Crippen LogP contribution in [0.3, 0.4) is 0 Å². The number of allylic oxidation sites excluding steroid dienone is 4. The van der Waals surface area contributed by atoms with Gasteiger partial charge in [0, 0.05) is 6.42 Å². The molecule has 0 aromatic rings. The molecule has 0 unspecified atom stereocenters. The molecule has 0 amide bonds. The third-order valence-electron chi connectivity index (χ3n) is 2.35. The van der Waals surface area contributed by atoms with E-state index < -0.39 is 5.97 Å². The molecule has 92 valence electrons. The van der Waals surface area contributed by atoms with Gasteiger partial charge in [0.05, 0.1) is 0 Å². The van der Waals surface area contributed by atoms with Gasteiger partial charge in [-0.05, 0) is 25.7 Å². The number of carboxylic acids is 1. The highest BCUT2D eigenvalue weighted by Gasteiger charge is 1.95. The number of carboxylic acid groups (broad SMARTS) is 1. The third kappa shape index (κ3) is 12.9. The van der Waals surface area contributed by atoms with Crippen LogP contribution in [0.15, 0.2) is 24.3 Å². The molecule has 0 radical (unpaired) electrons. The summed E-state index contributed by atoms with van der Waals surface area (Å²) in [7, 11) is 0. The van der Waals surface area contributed by atoms with E-state index in [1.807, 2.05) is 0 Å². The molecule has 1 N–H and O–H groups in total. The minimum absolute atomic E-state index is 0.315. The van der Waals surface area contributed by atoms with Crippen molar-refractivity contribution in [1.29, 1.82) is 0 Å². The zero-order valence-electron chi connectivity index (χ0n) is 10.3. The van der Waals surface area contributed by atoms with Gasteiger partial charge in [-0.1, -0.05) is 50.5 Å². The third-order valence-corrected chi connectivity index (χ3v) is 2.35. The van der Waals surface area contributed by atoms with Crippen LogP contribution in [0.25, 0.3) is 0 Å². The normalized spacial score (nSPS) is 11.6. The number of unbranched alkanes of at least 4 members (excludes halogenated alkanes) is 5. The Labute approximate surface area is 99.1 Å². The molecule has 0 saturated carbocycles. The Hall–Kier alpha value is -1.05. The number of hydrogen-bond donors (Lipinski definition) is 1. The summed E-state index contributed by atoms with van der Waals surface area (Å²) in [4.78, 5) is 10.2. The van der Waals surface area contributed by atoms with E-state index in [0.717, 1.165) is 38.5 Å². The van der Waals surface area contributed by atoms with Gasteiger partial charge in [0.15, 0.2) is 0 Å². The van der Waals surface area contributed by atoms with Crippen LogP contribution in [0.4, 0.5) is 0 Å². The minimum atomic E-state index is -0.680. The number of aliphatic carboxylic acids is 1. The Kier molecular flexibility index (Phi) is 11.2. The molecule has 0 saturated heterocycles. The van der Waals surface area contributed by atoms with Crippen LogP contribution in [0.1, 0.15) is 58.3 Å². The van der Waals surface area contributed by atoms with Crippen molar-refractivity contribution in [2.75, 3.05) is 0 Å². The summed E-state index contributed by atoms with van der Waals surface area (Å²) in [5.74, 6) is -0.680. The number of carbonyl (C=O) groups is 1. The van der Waals surface area contributed by atoms with E-state index in [9.17, 15) is 4.79 Å². The molecule has 0 bridgehead atoms. The zero-order chi connectivity index (χ0) is 12.1. The Bertz CT molecular complexity index is 217. The summed E-state index contributed by atoms with van der Waals surface area (Å²) < 4.78 is 0. The molecular formula is C14H24O2. The van der Waals surface area contributed by atoms with Gasteiger partial charge in [-0.2, -0.15) is 0 Å². The Morgan fingerprint density at radius 2 is 1.62 bits per heavy atom. The molecule has 0 rings (SSSR count). The molecule has 2 heteroatoms. The van der Waals surface area contributed by atoms with Gasteiger partial charge < -0.3 is 5.11 Å². The fraction of sp³-hybridized carbons (Fsp3) is 0.643. The van der Waals surface area contributed by atoms with Crippen LogP contribution in [0, 0.1) is 0 Å². The van der Waals surface area contributed by atoms with Crippen molar-refractivity contribution in [2.45, 2.75) is 58.3 Å². The Balaban J connectivity index is 3.17. The first-order valence-corrected chi connectivity index (χ1v) is 6.30. The highest BCUT2D eigenvalue weighted by Crippen LogP contribution is 2.05. The number of hydrogen-bond acceptors (Lipinski definition) is 1. The van der Waals surface area contributed by atoms with Gasteiger partial charge in [0.2, 0.25) is 0 Å². The summed E-state index contributed by atoms with van der Waals surface area (Å²) in [5, 5.41) is 8.44. The fourth-order valence-corrected chi connectivity index (χ4v) is 1.41. The lowest BCUT2D eigenvalue weighted by Gasteiger charge is -1.96. The van der Waals surface area contributed by atoms with Crippen LogP contribution in [0.2, 0.25) is 0 Å². The average molecular weight is 224 g/mol. The second-order valence-electron chi connectivity index (χ2n) is 3.99. The largest absolute Gasteiger partial charge is 0.481 e. The van der Waals surface area contributed by atoms with E-state index in [1.54, 1.807) is 0 Å². The summed E-state index contributed by atoms with van der Waals surface area (Å²) >= 11 is 0. The Morgan fingerprint density at radius 1 is 1.00 bits per heavy atom. The van der Waals surface area contributed by atoms with Crippen LogP contribution in [-0.2, 0) is 4.79 Å². The van der Waals surface area contributed by atoms with Gasteiger partial charge in [0.1, 0.15) is 0 Å². The van der Waals surface area contributed by atoms with Crippen LogP contribution < -0.4 is 0 Å².